The highest BCUT2D eigenvalue weighted by Crippen LogP contribution is 2.43. The summed E-state index contributed by atoms with van der Waals surface area (Å²) in [5, 5.41) is 8.52. The summed E-state index contributed by atoms with van der Waals surface area (Å²) in [5.74, 6) is 1.25. The summed E-state index contributed by atoms with van der Waals surface area (Å²) in [6.45, 7) is 9.76. The summed E-state index contributed by atoms with van der Waals surface area (Å²) < 4.78 is 12.0. The first-order chi connectivity index (χ1) is 15.7. The van der Waals surface area contributed by atoms with Gasteiger partial charge in [-0.1, -0.05) is 49.3 Å². The molecular formula is C24H28ClN3O4S. The standard InChI is InChI=1S/C24H28ClN3O4S/c1-14(2)19-8-6-15(3)12-22(19)32-11-10-31-21-9-7-18(25)13-20(21)23-28(17(5)30)27-24(33-23)26-16(4)29/h6-9,12-14,23H,10-11H2,1-5H3,(H,26,27,29)/t23-/m1/s1. The zero-order chi connectivity index (χ0) is 24.1. The van der Waals surface area contributed by atoms with Crippen molar-refractivity contribution in [3.05, 3.63) is 58.1 Å². The Morgan fingerprint density at radius 2 is 1.82 bits per heavy atom. The molecule has 0 aromatic heterocycles. The zero-order valence-electron chi connectivity index (χ0n) is 19.3. The molecule has 0 saturated heterocycles. The van der Waals surface area contributed by atoms with Crippen LogP contribution in [0.25, 0.3) is 0 Å². The Balaban J connectivity index is 1.73. The van der Waals surface area contributed by atoms with E-state index < -0.39 is 5.37 Å². The van der Waals surface area contributed by atoms with Gasteiger partial charge in [0.15, 0.2) is 5.17 Å². The molecule has 0 radical (unpaired) electrons. The smallest absolute Gasteiger partial charge is 0.241 e. The molecule has 9 heteroatoms. The minimum atomic E-state index is -0.511. The summed E-state index contributed by atoms with van der Waals surface area (Å²) in [7, 11) is 0. The number of rotatable bonds is 7. The van der Waals surface area contributed by atoms with Crippen molar-refractivity contribution >= 4 is 40.3 Å². The van der Waals surface area contributed by atoms with E-state index in [4.69, 9.17) is 21.1 Å². The van der Waals surface area contributed by atoms with Gasteiger partial charge in [0, 0.05) is 24.4 Å². The fourth-order valence-corrected chi connectivity index (χ4v) is 4.69. The number of hydrogen-bond donors (Lipinski definition) is 1. The molecule has 0 spiro atoms. The van der Waals surface area contributed by atoms with Crippen molar-refractivity contribution in [1.29, 1.82) is 0 Å². The fourth-order valence-electron chi connectivity index (χ4n) is 3.36. The number of thioether (sulfide) groups is 1. The maximum Gasteiger partial charge on any atom is 0.241 e. The number of hydrogen-bond acceptors (Lipinski definition) is 6. The van der Waals surface area contributed by atoms with E-state index in [2.05, 4.69) is 36.4 Å². The number of ether oxygens (including phenoxy) is 2. The maximum atomic E-state index is 12.2. The second-order valence-corrected chi connectivity index (χ2v) is 9.50. The van der Waals surface area contributed by atoms with E-state index in [1.807, 2.05) is 13.0 Å². The molecule has 0 fully saturated rings. The topological polar surface area (TPSA) is 80.2 Å². The average molecular weight is 490 g/mol. The number of aryl methyl sites for hydroxylation is 1. The van der Waals surface area contributed by atoms with Crippen LogP contribution in [-0.2, 0) is 9.59 Å². The lowest BCUT2D eigenvalue weighted by atomic mass is 10.0. The Kier molecular flexibility index (Phi) is 8.26. The third-order valence-corrected chi connectivity index (χ3v) is 6.20. The average Bonchev–Trinajstić information content (AvgIpc) is 3.15. The van der Waals surface area contributed by atoms with Gasteiger partial charge >= 0.3 is 0 Å². The lowest BCUT2D eigenvalue weighted by Crippen LogP contribution is -2.25. The van der Waals surface area contributed by atoms with Crippen LogP contribution in [0.4, 0.5) is 0 Å². The Labute approximate surface area is 203 Å². The molecule has 2 amide bonds. The van der Waals surface area contributed by atoms with Crippen LogP contribution in [0.15, 0.2) is 41.5 Å². The molecule has 0 unspecified atom stereocenters. The first-order valence-corrected chi connectivity index (χ1v) is 11.9. The van der Waals surface area contributed by atoms with Crippen LogP contribution in [0.3, 0.4) is 0 Å². The Morgan fingerprint density at radius 1 is 1.12 bits per heavy atom. The molecule has 0 saturated carbocycles. The van der Waals surface area contributed by atoms with Crippen molar-refractivity contribution < 1.29 is 19.1 Å². The quantitative estimate of drug-likeness (QED) is 0.538. The van der Waals surface area contributed by atoms with Crippen molar-refractivity contribution in [2.75, 3.05) is 13.2 Å². The molecule has 1 N–H and O–H groups in total. The highest BCUT2D eigenvalue weighted by Gasteiger charge is 2.34. The Morgan fingerprint density at radius 3 is 2.45 bits per heavy atom. The summed E-state index contributed by atoms with van der Waals surface area (Å²) in [6, 6.07) is 11.4. The molecule has 1 aliphatic rings. The van der Waals surface area contributed by atoms with Crippen molar-refractivity contribution in [3.63, 3.8) is 0 Å². The van der Waals surface area contributed by atoms with E-state index in [0.29, 0.717) is 40.6 Å². The first-order valence-electron chi connectivity index (χ1n) is 10.6. The zero-order valence-corrected chi connectivity index (χ0v) is 20.9. The van der Waals surface area contributed by atoms with Crippen molar-refractivity contribution in [2.24, 2.45) is 5.10 Å². The predicted octanol–water partition coefficient (Wildman–Crippen LogP) is 5.23. The van der Waals surface area contributed by atoms with Crippen LogP contribution in [0.1, 0.15) is 55.7 Å². The number of amides is 2. The van der Waals surface area contributed by atoms with Crippen LogP contribution in [0.5, 0.6) is 11.5 Å². The number of benzene rings is 2. The molecule has 1 heterocycles. The van der Waals surface area contributed by atoms with E-state index in [1.54, 1.807) is 18.2 Å². The van der Waals surface area contributed by atoms with Crippen molar-refractivity contribution in [1.82, 2.24) is 10.3 Å². The highest BCUT2D eigenvalue weighted by molar-refractivity contribution is 8.14. The van der Waals surface area contributed by atoms with Gasteiger partial charge in [-0.2, -0.15) is 0 Å². The minimum Gasteiger partial charge on any atom is -0.490 e. The summed E-state index contributed by atoms with van der Waals surface area (Å²) in [6.07, 6.45) is 0. The fraction of sp³-hybridized carbons (Fsp3) is 0.375. The molecule has 3 rings (SSSR count). The summed E-state index contributed by atoms with van der Waals surface area (Å²) in [5.41, 5.74) is 2.97. The summed E-state index contributed by atoms with van der Waals surface area (Å²) >= 11 is 7.49. The van der Waals surface area contributed by atoms with Gasteiger partial charge in [-0.15, -0.1) is 5.10 Å². The number of halogens is 1. The largest absolute Gasteiger partial charge is 0.490 e. The third-order valence-electron chi connectivity index (χ3n) is 4.88. The number of amidine groups is 1. The maximum absolute atomic E-state index is 12.2. The highest BCUT2D eigenvalue weighted by atomic mass is 35.5. The molecule has 2 aromatic carbocycles. The van der Waals surface area contributed by atoms with E-state index >= 15 is 0 Å². The third kappa shape index (κ3) is 6.42. The van der Waals surface area contributed by atoms with Gasteiger partial charge in [-0.25, -0.2) is 5.01 Å². The van der Waals surface area contributed by atoms with Gasteiger partial charge in [0.1, 0.15) is 30.1 Å². The van der Waals surface area contributed by atoms with Gasteiger partial charge in [0.25, 0.3) is 0 Å². The van der Waals surface area contributed by atoms with Gasteiger partial charge in [-0.05, 0) is 48.2 Å². The number of carbonyl (C=O) groups excluding carboxylic acids is 2. The van der Waals surface area contributed by atoms with Gasteiger partial charge in [0.2, 0.25) is 11.8 Å². The monoisotopic (exact) mass is 489 g/mol. The number of carbonyl (C=O) groups is 2. The number of nitrogens with one attached hydrogen (secondary N) is 1. The van der Waals surface area contributed by atoms with Gasteiger partial charge < -0.3 is 14.8 Å². The molecule has 176 valence electrons. The second kappa shape index (κ2) is 10.9. The molecule has 0 aliphatic carbocycles. The molecule has 0 bridgehead atoms. The van der Waals surface area contributed by atoms with E-state index in [9.17, 15) is 9.59 Å². The normalized spacial score (nSPS) is 15.4. The van der Waals surface area contributed by atoms with Crippen LogP contribution in [0, 0.1) is 6.92 Å². The molecular weight excluding hydrogens is 462 g/mol. The summed E-state index contributed by atoms with van der Waals surface area (Å²) in [4.78, 5) is 23.6. The Bertz CT molecular complexity index is 1070. The SMILES string of the molecule is CC(=O)NC1=NN(C(C)=O)[C@@H](c2cc(Cl)ccc2OCCOc2cc(C)ccc2C(C)C)S1. The van der Waals surface area contributed by atoms with Crippen LogP contribution in [0.2, 0.25) is 5.02 Å². The van der Waals surface area contributed by atoms with Crippen LogP contribution in [-0.4, -0.2) is 35.2 Å². The lowest BCUT2D eigenvalue weighted by Gasteiger charge is -2.22. The van der Waals surface area contributed by atoms with Crippen LogP contribution >= 0.6 is 23.4 Å². The van der Waals surface area contributed by atoms with Crippen molar-refractivity contribution in [3.8, 4) is 11.5 Å². The lowest BCUT2D eigenvalue weighted by molar-refractivity contribution is -0.129. The molecule has 7 nitrogen and oxygen atoms in total. The van der Waals surface area contributed by atoms with Crippen molar-refractivity contribution in [2.45, 2.75) is 45.9 Å². The van der Waals surface area contributed by atoms with Gasteiger partial charge in [0.05, 0.1) is 0 Å². The number of nitrogens with zero attached hydrogens (tertiary/aromatic N) is 2. The molecule has 1 atom stereocenters. The van der Waals surface area contributed by atoms with Crippen LogP contribution < -0.4 is 14.8 Å². The molecule has 2 aromatic rings. The van der Waals surface area contributed by atoms with Gasteiger partial charge in [-0.3, -0.25) is 9.59 Å². The van der Waals surface area contributed by atoms with E-state index in [-0.39, 0.29) is 11.8 Å². The Hall–Kier alpha value is -2.71. The molecule has 33 heavy (non-hydrogen) atoms. The predicted molar refractivity (Wildman–Crippen MR) is 132 cm³/mol. The molecule has 1 aliphatic heterocycles. The number of hydrazone groups is 1. The van der Waals surface area contributed by atoms with E-state index in [1.165, 1.54) is 30.6 Å². The second-order valence-electron chi connectivity index (χ2n) is 8.00. The van der Waals surface area contributed by atoms with E-state index in [0.717, 1.165) is 16.9 Å². The first kappa shape index (κ1) is 24.9. The minimum absolute atomic E-state index is 0.261.